The predicted octanol–water partition coefficient (Wildman–Crippen LogP) is 8.51. The van der Waals surface area contributed by atoms with E-state index < -0.39 is 19.5 Å². The summed E-state index contributed by atoms with van der Waals surface area (Å²) in [7, 11) is -2.25. The highest BCUT2D eigenvalue weighted by Crippen LogP contribution is 2.47. The third-order valence-corrected chi connectivity index (χ3v) is 12.5. The molecular weight excluding hydrogens is 613 g/mol. The van der Waals surface area contributed by atoms with E-state index in [4.69, 9.17) is 13.6 Å². The van der Waals surface area contributed by atoms with Crippen molar-refractivity contribution in [2.24, 2.45) is 0 Å². The van der Waals surface area contributed by atoms with Crippen LogP contribution in [-0.2, 0) is 18.4 Å². The van der Waals surface area contributed by atoms with Crippen LogP contribution < -0.4 is 0 Å². The Morgan fingerprint density at radius 2 is 1.02 bits per heavy atom. The molecule has 0 aromatic heterocycles. The molecule has 0 N–H and O–H groups in total. The number of hydrogen-bond donors (Lipinski definition) is 0. The van der Waals surface area contributed by atoms with Crippen molar-refractivity contribution in [2.45, 2.75) is 81.6 Å². The number of carbonyl (C=O) groups excluding carboxylic acids is 1. The first-order valence-electron chi connectivity index (χ1n) is 16.9. The van der Waals surface area contributed by atoms with Crippen molar-refractivity contribution in [1.29, 1.82) is 0 Å². The monoisotopic (exact) mass is 664 g/mol. The van der Waals surface area contributed by atoms with E-state index in [-0.39, 0.29) is 46.5 Å². The average molecular weight is 665 g/mol. The van der Waals surface area contributed by atoms with Crippen LogP contribution in [0.4, 0.5) is 0 Å². The Morgan fingerprint density at radius 3 is 1.36 bits per heavy atom. The van der Waals surface area contributed by atoms with E-state index in [0.717, 1.165) is 0 Å². The largest absolute Gasteiger partial charge is 0.466 e. The fourth-order valence-corrected chi connectivity index (χ4v) is 9.81. The van der Waals surface area contributed by atoms with Gasteiger partial charge in [0, 0.05) is 18.3 Å². The van der Waals surface area contributed by atoms with E-state index in [1.54, 1.807) is 0 Å². The average Bonchev–Trinajstić information content (AvgIpc) is 3.07. The first-order valence-corrected chi connectivity index (χ1v) is 19.4. The molecule has 47 heavy (non-hydrogen) atoms. The molecular formula is C41H52O4Si2. The molecule has 0 bridgehead atoms. The van der Waals surface area contributed by atoms with Gasteiger partial charge in [0.25, 0.3) is 0 Å². The Bertz CT molecular complexity index is 1410. The molecule has 4 nitrogen and oxygen atoms in total. The van der Waals surface area contributed by atoms with Gasteiger partial charge in [-0.3, -0.25) is 4.79 Å². The molecule has 0 fully saturated rings. The van der Waals surface area contributed by atoms with E-state index in [2.05, 4.69) is 156 Å². The molecule has 248 valence electrons. The lowest BCUT2D eigenvalue weighted by molar-refractivity contribution is -0.145. The normalized spacial score (nSPS) is 13.9. The smallest absolute Gasteiger partial charge is 0.308 e. The topological polar surface area (TPSA) is 44.8 Å². The van der Waals surface area contributed by atoms with E-state index in [9.17, 15) is 4.79 Å². The first kappa shape index (κ1) is 36.3. The highest BCUT2D eigenvalue weighted by Gasteiger charge is 2.36. The summed E-state index contributed by atoms with van der Waals surface area (Å²) in [6, 6.07) is 42.8. The van der Waals surface area contributed by atoms with Gasteiger partial charge in [0.2, 0.25) is 0 Å². The molecule has 0 aliphatic rings. The fraction of sp³-hybridized carbons (Fsp3) is 0.341. The molecule has 0 aliphatic carbocycles. The van der Waals surface area contributed by atoms with Gasteiger partial charge in [-0.15, -0.1) is 6.58 Å². The number of benzene rings is 4. The zero-order chi connectivity index (χ0) is 33.7. The summed E-state index contributed by atoms with van der Waals surface area (Å²) in [6.45, 7) is 15.6. The molecule has 0 spiro atoms. The van der Waals surface area contributed by atoms with E-state index in [1.807, 2.05) is 13.0 Å². The van der Waals surface area contributed by atoms with Gasteiger partial charge in [-0.1, -0.05) is 155 Å². The highest BCUT2D eigenvalue weighted by molar-refractivity contribution is 6.33. The number of esters is 1. The van der Waals surface area contributed by atoms with Crippen LogP contribution in [0.2, 0.25) is 10.1 Å². The van der Waals surface area contributed by atoms with Crippen molar-refractivity contribution in [3.8, 4) is 0 Å². The third-order valence-electron chi connectivity index (χ3n) is 8.91. The van der Waals surface area contributed by atoms with Gasteiger partial charge in [0.1, 0.15) is 0 Å². The third kappa shape index (κ3) is 10.5. The maximum Gasteiger partial charge on any atom is 0.308 e. The number of hydrogen-bond acceptors (Lipinski definition) is 4. The summed E-state index contributed by atoms with van der Waals surface area (Å²) < 4.78 is 19.0. The summed E-state index contributed by atoms with van der Waals surface area (Å²) in [6.07, 6.45) is 2.12. The van der Waals surface area contributed by atoms with Crippen molar-refractivity contribution < 1.29 is 18.4 Å². The SMILES string of the molecule is C=CC(CC(CC(=O)OCC)O[SiH2]C(C)(C)C(c1ccccc1)c1ccccc1)O[SiH2]C(C)(C)C(c1ccccc1)c1ccccc1. The number of rotatable bonds is 18. The molecule has 0 amide bonds. The summed E-state index contributed by atoms with van der Waals surface area (Å²) in [5.74, 6) is 0.141. The lowest BCUT2D eigenvalue weighted by Gasteiger charge is -2.37. The predicted molar refractivity (Wildman–Crippen MR) is 200 cm³/mol. The molecule has 0 radical (unpaired) electrons. The zero-order valence-corrected chi connectivity index (χ0v) is 31.6. The Labute approximate surface area is 287 Å². The Hall–Kier alpha value is -3.56. The van der Waals surface area contributed by atoms with Crippen molar-refractivity contribution in [3.05, 3.63) is 156 Å². The van der Waals surface area contributed by atoms with Crippen molar-refractivity contribution >= 4 is 25.5 Å². The molecule has 0 heterocycles. The van der Waals surface area contributed by atoms with Gasteiger partial charge in [-0.25, -0.2) is 0 Å². The van der Waals surface area contributed by atoms with Gasteiger partial charge in [-0.2, -0.15) is 0 Å². The van der Waals surface area contributed by atoms with Crippen LogP contribution in [0.5, 0.6) is 0 Å². The van der Waals surface area contributed by atoms with Crippen molar-refractivity contribution in [3.63, 3.8) is 0 Å². The maximum absolute atomic E-state index is 12.8. The minimum absolute atomic E-state index is 0.0865. The standard InChI is InChI=1S/C41H52O4Si2/c1-7-35(44-46-40(3,4)38(31-21-13-9-14-22-31)32-23-15-10-16-24-32)29-36(30-37(42)43-8-2)45-47-41(5,6)39(33-25-17-11-18-26-33)34-27-19-12-20-28-34/h7,9-28,35-36,38-39H,1,8,29-30,46-47H2,2-6H3. The lowest BCUT2D eigenvalue weighted by atomic mass is 9.82. The van der Waals surface area contributed by atoms with Gasteiger partial charge in [-0.05, 0) is 39.3 Å². The minimum Gasteiger partial charge on any atom is -0.466 e. The Morgan fingerprint density at radius 1 is 0.660 bits per heavy atom. The molecule has 6 heteroatoms. The van der Waals surface area contributed by atoms with Crippen molar-refractivity contribution in [2.75, 3.05) is 6.61 Å². The second kappa shape index (κ2) is 17.6. The molecule has 0 aliphatic heterocycles. The molecule has 4 aromatic carbocycles. The zero-order valence-electron chi connectivity index (χ0n) is 28.8. The molecule has 4 rings (SSSR count). The summed E-state index contributed by atoms with van der Waals surface area (Å²) in [5, 5.41) is -0.216. The highest BCUT2D eigenvalue weighted by atomic mass is 28.2. The van der Waals surface area contributed by atoms with Gasteiger partial charge >= 0.3 is 5.97 Å². The molecule has 4 aromatic rings. The second-order valence-corrected chi connectivity index (χ2v) is 18.6. The van der Waals surface area contributed by atoms with E-state index in [1.165, 1.54) is 22.3 Å². The molecule has 2 unspecified atom stereocenters. The van der Waals surface area contributed by atoms with E-state index in [0.29, 0.717) is 13.0 Å². The van der Waals surface area contributed by atoms with Crippen LogP contribution in [0.15, 0.2) is 134 Å². The van der Waals surface area contributed by atoms with Crippen LogP contribution in [0.3, 0.4) is 0 Å². The van der Waals surface area contributed by atoms with Crippen LogP contribution in [0.1, 0.15) is 81.5 Å². The number of carbonyl (C=O) groups is 1. The van der Waals surface area contributed by atoms with E-state index >= 15 is 0 Å². The minimum atomic E-state index is -1.16. The Balaban J connectivity index is 1.51. The quantitative estimate of drug-likeness (QED) is 0.0608. The molecule has 2 atom stereocenters. The number of ether oxygens (including phenoxy) is 1. The first-order chi connectivity index (χ1) is 22.6. The van der Waals surface area contributed by atoms with Gasteiger partial charge in [0.05, 0.1) is 25.2 Å². The summed E-state index contributed by atoms with van der Waals surface area (Å²) >= 11 is 0. The van der Waals surface area contributed by atoms with Gasteiger partial charge < -0.3 is 13.6 Å². The van der Waals surface area contributed by atoms with Crippen LogP contribution in [-0.4, -0.2) is 44.3 Å². The molecule has 0 saturated carbocycles. The summed E-state index contributed by atoms with van der Waals surface area (Å²) in [5.41, 5.74) is 5.12. The maximum atomic E-state index is 12.8. The van der Waals surface area contributed by atoms with Gasteiger partial charge in [0.15, 0.2) is 19.5 Å². The van der Waals surface area contributed by atoms with Crippen LogP contribution in [0, 0.1) is 0 Å². The molecule has 0 saturated heterocycles. The Kier molecular flexibility index (Phi) is 13.6. The summed E-state index contributed by atoms with van der Waals surface area (Å²) in [4.78, 5) is 12.8. The fourth-order valence-electron chi connectivity index (χ4n) is 6.70. The lowest BCUT2D eigenvalue weighted by Crippen LogP contribution is -2.34. The van der Waals surface area contributed by atoms with Crippen LogP contribution >= 0.6 is 0 Å². The second-order valence-electron chi connectivity index (χ2n) is 13.7. The van der Waals surface area contributed by atoms with Crippen LogP contribution in [0.25, 0.3) is 0 Å². The van der Waals surface area contributed by atoms with Crippen molar-refractivity contribution in [1.82, 2.24) is 0 Å².